The first kappa shape index (κ1) is 18.5. The van der Waals surface area contributed by atoms with Gasteiger partial charge < -0.3 is 14.2 Å². The van der Waals surface area contributed by atoms with E-state index in [4.69, 9.17) is 9.26 Å². The van der Waals surface area contributed by atoms with Gasteiger partial charge in [0.05, 0.1) is 19.8 Å². The average Bonchev–Trinajstić information content (AvgIpc) is 3.07. The van der Waals surface area contributed by atoms with Crippen molar-refractivity contribution >= 4 is 5.91 Å². The van der Waals surface area contributed by atoms with E-state index in [0.29, 0.717) is 44.4 Å². The topological polar surface area (TPSA) is 84.6 Å². The molecular formula is C18H25N5O3. The van der Waals surface area contributed by atoms with E-state index in [-0.39, 0.29) is 11.9 Å². The Hall–Kier alpha value is -2.32. The Kier molecular flexibility index (Phi) is 6.30. The molecule has 8 nitrogen and oxygen atoms in total. The molecule has 3 rings (SSSR count). The quantitative estimate of drug-likeness (QED) is 0.739. The number of aryl methyl sites for hydroxylation is 1. The van der Waals surface area contributed by atoms with E-state index in [9.17, 15) is 4.79 Å². The lowest BCUT2D eigenvalue weighted by Gasteiger charge is -2.36. The number of amides is 1. The highest BCUT2D eigenvalue weighted by atomic mass is 16.5. The van der Waals surface area contributed by atoms with Crippen LogP contribution in [0.5, 0.6) is 0 Å². The molecule has 0 spiro atoms. The molecule has 0 radical (unpaired) electrons. The van der Waals surface area contributed by atoms with Gasteiger partial charge in [0, 0.05) is 51.4 Å². The van der Waals surface area contributed by atoms with E-state index in [1.807, 2.05) is 19.1 Å². The molecule has 140 valence electrons. The second-order valence-electron chi connectivity index (χ2n) is 6.40. The van der Waals surface area contributed by atoms with Crippen molar-refractivity contribution in [2.75, 3.05) is 26.3 Å². The molecule has 2 aromatic heterocycles. The highest BCUT2D eigenvalue weighted by Gasteiger charge is 2.27. The van der Waals surface area contributed by atoms with E-state index < -0.39 is 0 Å². The van der Waals surface area contributed by atoms with Crippen LogP contribution in [0.25, 0.3) is 0 Å². The standard InChI is InChI=1S/C18H25N5O3/c1-3-22(12-17-20-14(2)26-21-17)18(24)10-16-13-25-9-8-23(16)11-15-4-6-19-7-5-15/h4-7,16H,3,8-13H2,1-2H3/t16-/m0/s1. The molecule has 26 heavy (non-hydrogen) atoms. The van der Waals surface area contributed by atoms with Crippen LogP contribution in [-0.4, -0.2) is 63.2 Å². The molecule has 0 unspecified atom stereocenters. The molecule has 0 bridgehead atoms. The summed E-state index contributed by atoms with van der Waals surface area (Å²) in [4.78, 5) is 25.1. The smallest absolute Gasteiger partial charge is 0.224 e. The number of nitrogens with zero attached hydrogens (tertiary/aromatic N) is 5. The Morgan fingerprint density at radius 3 is 2.88 bits per heavy atom. The van der Waals surface area contributed by atoms with Crippen molar-refractivity contribution in [2.24, 2.45) is 0 Å². The van der Waals surface area contributed by atoms with Crippen molar-refractivity contribution in [3.63, 3.8) is 0 Å². The van der Waals surface area contributed by atoms with Crippen molar-refractivity contribution in [3.8, 4) is 0 Å². The molecule has 0 aliphatic carbocycles. The van der Waals surface area contributed by atoms with Crippen molar-refractivity contribution in [1.29, 1.82) is 0 Å². The van der Waals surface area contributed by atoms with E-state index in [0.717, 1.165) is 13.1 Å². The zero-order valence-electron chi connectivity index (χ0n) is 15.3. The number of ether oxygens (including phenoxy) is 1. The summed E-state index contributed by atoms with van der Waals surface area (Å²) in [5.41, 5.74) is 1.19. The van der Waals surface area contributed by atoms with Gasteiger partial charge in [-0.05, 0) is 24.6 Å². The van der Waals surface area contributed by atoms with Gasteiger partial charge in [-0.1, -0.05) is 5.16 Å². The Morgan fingerprint density at radius 1 is 1.38 bits per heavy atom. The van der Waals surface area contributed by atoms with Gasteiger partial charge in [-0.25, -0.2) is 0 Å². The summed E-state index contributed by atoms with van der Waals surface area (Å²) in [6.45, 7) is 7.53. The van der Waals surface area contributed by atoms with E-state index in [2.05, 4.69) is 20.0 Å². The monoisotopic (exact) mass is 359 g/mol. The summed E-state index contributed by atoms with van der Waals surface area (Å²) in [7, 11) is 0. The van der Waals surface area contributed by atoms with Gasteiger partial charge >= 0.3 is 0 Å². The van der Waals surface area contributed by atoms with Crippen LogP contribution in [0.3, 0.4) is 0 Å². The summed E-state index contributed by atoms with van der Waals surface area (Å²) >= 11 is 0. The predicted octanol–water partition coefficient (Wildman–Crippen LogP) is 1.41. The van der Waals surface area contributed by atoms with Gasteiger partial charge in [-0.3, -0.25) is 14.7 Å². The summed E-state index contributed by atoms with van der Waals surface area (Å²) in [6.07, 6.45) is 4.00. The highest BCUT2D eigenvalue weighted by Crippen LogP contribution is 2.16. The molecule has 1 aliphatic heterocycles. The summed E-state index contributed by atoms with van der Waals surface area (Å²) in [5, 5.41) is 3.88. The Bertz CT molecular complexity index is 706. The molecule has 0 aromatic carbocycles. The molecule has 1 aliphatic rings. The molecule has 1 saturated heterocycles. The van der Waals surface area contributed by atoms with Crippen molar-refractivity contribution in [3.05, 3.63) is 41.8 Å². The summed E-state index contributed by atoms with van der Waals surface area (Å²) < 4.78 is 10.6. The third kappa shape index (κ3) is 4.86. The molecule has 2 aromatic rings. The molecule has 3 heterocycles. The molecule has 0 N–H and O–H groups in total. The number of hydrogen-bond acceptors (Lipinski definition) is 7. The lowest BCUT2D eigenvalue weighted by molar-refractivity contribution is -0.135. The maximum absolute atomic E-state index is 12.8. The van der Waals surface area contributed by atoms with Crippen LogP contribution < -0.4 is 0 Å². The fourth-order valence-electron chi connectivity index (χ4n) is 3.09. The van der Waals surface area contributed by atoms with Crippen LogP contribution in [0.4, 0.5) is 0 Å². The average molecular weight is 359 g/mol. The minimum Gasteiger partial charge on any atom is -0.378 e. The predicted molar refractivity (Wildman–Crippen MR) is 94.0 cm³/mol. The highest BCUT2D eigenvalue weighted by molar-refractivity contribution is 5.76. The molecule has 1 fully saturated rings. The maximum atomic E-state index is 12.8. The Balaban J connectivity index is 1.61. The third-order valence-corrected chi connectivity index (χ3v) is 4.53. The largest absolute Gasteiger partial charge is 0.378 e. The molecule has 0 saturated carbocycles. The van der Waals surface area contributed by atoms with Crippen LogP contribution in [0.1, 0.15) is 30.6 Å². The van der Waals surface area contributed by atoms with Crippen LogP contribution >= 0.6 is 0 Å². The first-order valence-electron chi connectivity index (χ1n) is 8.93. The van der Waals surface area contributed by atoms with Gasteiger partial charge in [-0.15, -0.1) is 0 Å². The third-order valence-electron chi connectivity index (χ3n) is 4.53. The first-order valence-corrected chi connectivity index (χ1v) is 8.93. The van der Waals surface area contributed by atoms with Gasteiger partial charge in [0.1, 0.15) is 0 Å². The van der Waals surface area contributed by atoms with Crippen molar-refractivity contribution in [2.45, 2.75) is 39.4 Å². The first-order chi connectivity index (χ1) is 12.7. The number of aromatic nitrogens is 3. The molecule has 1 atom stereocenters. The van der Waals surface area contributed by atoms with Crippen molar-refractivity contribution in [1.82, 2.24) is 24.9 Å². The molecule has 1 amide bonds. The van der Waals surface area contributed by atoms with E-state index >= 15 is 0 Å². The number of hydrogen-bond donors (Lipinski definition) is 0. The van der Waals surface area contributed by atoms with Gasteiger partial charge in [0.15, 0.2) is 5.82 Å². The van der Waals surface area contributed by atoms with Crippen molar-refractivity contribution < 1.29 is 14.1 Å². The number of pyridine rings is 1. The van der Waals surface area contributed by atoms with Gasteiger partial charge in [-0.2, -0.15) is 4.98 Å². The van der Waals surface area contributed by atoms with Crippen LogP contribution in [-0.2, 0) is 22.6 Å². The van der Waals surface area contributed by atoms with Crippen LogP contribution in [0.2, 0.25) is 0 Å². The van der Waals surface area contributed by atoms with E-state index in [1.165, 1.54) is 5.56 Å². The number of morpholine rings is 1. The number of carbonyl (C=O) groups excluding carboxylic acids is 1. The minimum absolute atomic E-state index is 0.0606. The second kappa shape index (κ2) is 8.86. The molecule has 8 heteroatoms. The number of rotatable bonds is 7. The zero-order chi connectivity index (χ0) is 18.4. The lowest BCUT2D eigenvalue weighted by atomic mass is 10.1. The van der Waals surface area contributed by atoms with Crippen LogP contribution in [0.15, 0.2) is 29.0 Å². The number of carbonyl (C=O) groups is 1. The fourth-order valence-corrected chi connectivity index (χ4v) is 3.09. The van der Waals surface area contributed by atoms with Crippen LogP contribution in [0, 0.1) is 6.92 Å². The SMILES string of the molecule is CCN(Cc1noc(C)n1)C(=O)C[C@H]1COCCN1Cc1ccncc1. The zero-order valence-corrected chi connectivity index (χ0v) is 15.3. The van der Waals surface area contributed by atoms with E-state index in [1.54, 1.807) is 24.2 Å². The van der Waals surface area contributed by atoms with Gasteiger partial charge in [0.25, 0.3) is 0 Å². The Labute approximate surface area is 153 Å². The fraction of sp³-hybridized carbons (Fsp3) is 0.556. The second-order valence-corrected chi connectivity index (χ2v) is 6.40. The lowest BCUT2D eigenvalue weighted by Crippen LogP contribution is -2.47. The summed E-state index contributed by atoms with van der Waals surface area (Å²) in [6, 6.07) is 4.07. The summed E-state index contributed by atoms with van der Waals surface area (Å²) in [5.74, 6) is 1.11. The molecular weight excluding hydrogens is 334 g/mol. The normalized spacial score (nSPS) is 18.0. The van der Waals surface area contributed by atoms with Gasteiger partial charge in [0.2, 0.25) is 11.8 Å². The minimum atomic E-state index is 0.0606. The Morgan fingerprint density at radius 2 is 2.19 bits per heavy atom. The maximum Gasteiger partial charge on any atom is 0.224 e.